The number of amides is 1. The van der Waals surface area contributed by atoms with Crippen molar-refractivity contribution in [1.29, 1.82) is 0 Å². The third kappa shape index (κ3) is 3.94. The maximum absolute atomic E-state index is 13.9. The molecule has 0 spiro atoms. The fourth-order valence-corrected chi connectivity index (χ4v) is 3.38. The first-order chi connectivity index (χ1) is 12.6. The van der Waals surface area contributed by atoms with Crippen LogP contribution in [0.2, 0.25) is 0 Å². The van der Waals surface area contributed by atoms with Crippen LogP contribution in [0.4, 0.5) is 10.1 Å². The Morgan fingerprint density at radius 2 is 1.92 bits per heavy atom. The largest absolute Gasteiger partial charge is 0.325 e. The Labute approximate surface area is 155 Å². The van der Waals surface area contributed by atoms with Crippen LogP contribution in [-0.2, 0) is 11.3 Å². The monoisotopic (exact) mass is 370 g/mol. The predicted molar refractivity (Wildman–Crippen MR) is 102 cm³/mol. The Morgan fingerprint density at radius 3 is 2.65 bits per heavy atom. The van der Waals surface area contributed by atoms with E-state index in [0.29, 0.717) is 28.7 Å². The molecule has 0 bridgehead atoms. The molecule has 7 heteroatoms. The van der Waals surface area contributed by atoms with Gasteiger partial charge in [0, 0.05) is 17.8 Å². The van der Waals surface area contributed by atoms with Gasteiger partial charge in [0.25, 0.3) is 0 Å². The summed E-state index contributed by atoms with van der Waals surface area (Å²) in [5.41, 5.74) is 2.00. The second-order valence-electron chi connectivity index (χ2n) is 5.67. The van der Waals surface area contributed by atoms with Crippen molar-refractivity contribution in [2.45, 2.75) is 25.5 Å². The molecule has 0 radical (unpaired) electrons. The average molecular weight is 370 g/mol. The van der Waals surface area contributed by atoms with Crippen LogP contribution >= 0.6 is 11.8 Å². The van der Waals surface area contributed by atoms with Gasteiger partial charge in [0.15, 0.2) is 11.0 Å². The maximum Gasteiger partial charge on any atom is 0.234 e. The van der Waals surface area contributed by atoms with Gasteiger partial charge in [0.2, 0.25) is 5.91 Å². The highest BCUT2D eigenvalue weighted by Crippen LogP contribution is 2.27. The first kappa shape index (κ1) is 18.1. The van der Waals surface area contributed by atoms with Crippen LogP contribution in [-0.4, -0.2) is 26.4 Å². The molecule has 1 aromatic heterocycles. The van der Waals surface area contributed by atoms with Crippen LogP contribution in [0.15, 0.2) is 53.7 Å². The summed E-state index contributed by atoms with van der Waals surface area (Å²) in [6, 6.07) is 14.2. The number of aromatic nitrogens is 3. The van der Waals surface area contributed by atoms with Crippen molar-refractivity contribution < 1.29 is 9.18 Å². The minimum absolute atomic E-state index is 0.115. The zero-order valence-electron chi connectivity index (χ0n) is 14.6. The lowest BCUT2D eigenvalue weighted by molar-refractivity contribution is -0.113. The molecule has 3 rings (SSSR count). The molecule has 5 nitrogen and oxygen atoms in total. The topological polar surface area (TPSA) is 59.8 Å². The molecule has 1 N–H and O–H groups in total. The molecule has 0 fully saturated rings. The number of para-hydroxylation sites is 1. The number of nitrogens with zero attached hydrogens (tertiary/aromatic N) is 3. The van der Waals surface area contributed by atoms with Gasteiger partial charge in [-0.1, -0.05) is 42.1 Å². The summed E-state index contributed by atoms with van der Waals surface area (Å²) in [5.74, 6) is 0.435. The Bertz CT molecular complexity index is 911. The quantitative estimate of drug-likeness (QED) is 0.663. The van der Waals surface area contributed by atoms with E-state index in [1.807, 2.05) is 47.9 Å². The van der Waals surface area contributed by atoms with Gasteiger partial charge in [0.1, 0.15) is 5.82 Å². The SMILES string of the molecule is CCn1c(SCC(=O)Nc2ccccc2)nnc1-c1cccc(F)c1C. The summed E-state index contributed by atoms with van der Waals surface area (Å²) in [4.78, 5) is 12.1. The molecule has 134 valence electrons. The summed E-state index contributed by atoms with van der Waals surface area (Å²) < 4.78 is 15.7. The number of hydrogen-bond donors (Lipinski definition) is 1. The molecule has 0 unspecified atom stereocenters. The van der Waals surface area contributed by atoms with E-state index in [2.05, 4.69) is 15.5 Å². The molecule has 2 aromatic carbocycles. The molecule has 0 saturated carbocycles. The van der Waals surface area contributed by atoms with Crippen molar-refractivity contribution in [3.8, 4) is 11.4 Å². The molecule has 3 aromatic rings. The van der Waals surface area contributed by atoms with E-state index in [1.165, 1.54) is 17.8 Å². The smallest absolute Gasteiger partial charge is 0.234 e. The van der Waals surface area contributed by atoms with Crippen LogP contribution in [0.1, 0.15) is 12.5 Å². The average Bonchev–Trinajstić information content (AvgIpc) is 3.06. The molecule has 0 aliphatic carbocycles. The summed E-state index contributed by atoms with van der Waals surface area (Å²) in [5, 5.41) is 11.9. The minimum atomic E-state index is -0.274. The third-order valence-corrected chi connectivity index (χ3v) is 4.90. The second kappa shape index (κ2) is 8.14. The highest BCUT2D eigenvalue weighted by Gasteiger charge is 2.17. The van der Waals surface area contributed by atoms with Crippen molar-refractivity contribution in [3.05, 3.63) is 59.9 Å². The number of thioether (sulfide) groups is 1. The fraction of sp³-hybridized carbons (Fsp3) is 0.211. The van der Waals surface area contributed by atoms with Crippen LogP contribution in [0, 0.1) is 12.7 Å². The van der Waals surface area contributed by atoms with Crippen molar-refractivity contribution in [3.63, 3.8) is 0 Å². The molecular formula is C19H19FN4OS. The number of hydrogen-bond acceptors (Lipinski definition) is 4. The van der Waals surface area contributed by atoms with E-state index < -0.39 is 0 Å². The van der Waals surface area contributed by atoms with Gasteiger partial charge in [-0.05, 0) is 37.6 Å². The number of halogens is 1. The predicted octanol–water partition coefficient (Wildman–Crippen LogP) is 4.14. The lowest BCUT2D eigenvalue weighted by atomic mass is 10.1. The van der Waals surface area contributed by atoms with E-state index >= 15 is 0 Å². The Kier molecular flexibility index (Phi) is 5.68. The molecule has 1 heterocycles. The zero-order valence-corrected chi connectivity index (χ0v) is 15.4. The van der Waals surface area contributed by atoms with Gasteiger partial charge < -0.3 is 9.88 Å². The normalized spacial score (nSPS) is 10.7. The van der Waals surface area contributed by atoms with Crippen molar-refractivity contribution in [2.75, 3.05) is 11.1 Å². The van der Waals surface area contributed by atoms with Crippen LogP contribution in [0.5, 0.6) is 0 Å². The molecule has 0 aliphatic rings. The molecule has 0 aliphatic heterocycles. The van der Waals surface area contributed by atoms with Gasteiger partial charge >= 0.3 is 0 Å². The standard InChI is InChI=1S/C19H19FN4OS/c1-3-24-18(15-10-7-11-16(20)13(15)2)22-23-19(24)26-12-17(25)21-14-8-5-4-6-9-14/h4-11H,3,12H2,1-2H3,(H,21,25). The molecular weight excluding hydrogens is 351 g/mol. The highest BCUT2D eigenvalue weighted by atomic mass is 32.2. The third-order valence-electron chi connectivity index (χ3n) is 3.93. The molecule has 0 saturated heterocycles. The lowest BCUT2D eigenvalue weighted by Crippen LogP contribution is -2.14. The van der Waals surface area contributed by atoms with E-state index in [4.69, 9.17) is 0 Å². The van der Waals surface area contributed by atoms with Gasteiger partial charge in [0.05, 0.1) is 5.75 Å². The summed E-state index contributed by atoms with van der Waals surface area (Å²) in [7, 11) is 0. The maximum atomic E-state index is 13.9. The first-order valence-corrected chi connectivity index (χ1v) is 9.25. The summed E-state index contributed by atoms with van der Waals surface area (Å²) >= 11 is 1.31. The van der Waals surface area contributed by atoms with E-state index in [9.17, 15) is 9.18 Å². The van der Waals surface area contributed by atoms with Crippen LogP contribution < -0.4 is 5.32 Å². The summed E-state index contributed by atoms with van der Waals surface area (Å²) in [6.45, 7) is 4.32. The van der Waals surface area contributed by atoms with E-state index in [0.717, 1.165) is 5.69 Å². The number of carbonyl (C=O) groups excluding carboxylic acids is 1. The van der Waals surface area contributed by atoms with Crippen molar-refractivity contribution in [1.82, 2.24) is 14.8 Å². The molecule has 0 atom stereocenters. The molecule has 26 heavy (non-hydrogen) atoms. The Morgan fingerprint density at radius 1 is 1.15 bits per heavy atom. The zero-order chi connectivity index (χ0) is 18.5. The van der Waals surface area contributed by atoms with Crippen molar-refractivity contribution in [2.24, 2.45) is 0 Å². The van der Waals surface area contributed by atoms with Crippen molar-refractivity contribution >= 4 is 23.4 Å². The lowest BCUT2D eigenvalue weighted by Gasteiger charge is -2.10. The minimum Gasteiger partial charge on any atom is -0.325 e. The number of benzene rings is 2. The van der Waals surface area contributed by atoms with Crippen LogP contribution in [0.3, 0.4) is 0 Å². The Balaban J connectivity index is 1.74. The first-order valence-electron chi connectivity index (χ1n) is 8.26. The molecule has 1 amide bonds. The van der Waals surface area contributed by atoms with Gasteiger partial charge in [-0.2, -0.15) is 0 Å². The second-order valence-corrected chi connectivity index (χ2v) is 6.61. The number of anilines is 1. The number of carbonyl (C=O) groups is 1. The Hall–Kier alpha value is -2.67. The number of rotatable bonds is 6. The van der Waals surface area contributed by atoms with E-state index in [-0.39, 0.29) is 17.5 Å². The highest BCUT2D eigenvalue weighted by molar-refractivity contribution is 7.99. The summed E-state index contributed by atoms with van der Waals surface area (Å²) in [6.07, 6.45) is 0. The van der Waals surface area contributed by atoms with Crippen LogP contribution in [0.25, 0.3) is 11.4 Å². The number of nitrogens with one attached hydrogen (secondary N) is 1. The van der Waals surface area contributed by atoms with E-state index in [1.54, 1.807) is 13.0 Å². The van der Waals surface area contributed by atoms with Gasteiger partial charge in [-0.25, -0.2) is 4.39 Å². The van der Waals surface area contributed by atoms with Gasteiger partial charge in [-0.15, -0.1) is 10.2 Å². The fourth-order valence-electron chi connectivity index (χ4n) is 2.58. The van der Waals surface area contributed by atoms with Gasteiger partial charge in [-0.3, -0.25) is 4.79 Å².